The number of hydrogen-bond acceptors (Lipinski definition) is 4. The minimum atomic E-state index is -0.579. The number of benzene rings is 1. The van der Waals surface area contributed by atoms with Gasteiger partial charge in [-0.15, -0.1) is 0 Å². The quantitative estimate of drug-likeness (QED) is 0.560. The molecule has 0 radical (unpaired) electrons. The van der Waals surface area contributed by atoms with Crippen molar-refractivity contribution in [1.29, 1.82) is 0 Å². The zero-order valence-corrected chi connectivity index (χ0v) is 14.0. The van der Waals surface area contributed by atoms with Gasteiger partial charge in [0.1, 0.15) is 12.0 Å². The number of aliphatic hydroxyl groups is 1. The van der Waals surface area contributed by atoms with Crippen molar-refractivity contribution in [3.63, 3.8) is 0 Å². The highest BCUT2D eigenvalue weighted by Gasteiger charge is 2.34. The van der Waals surface area contributed by atoms with Gasteiger partial charge in [-0.05, 0) is 38.3 Å². The first kappa shape index (κ1) is 16.5. The lowest BCUT2D eigenvalue weighted by molar-refractivity contribution is -0.0279. The fourth-order valence-electron chi connectivity index (χ4n) is 2.60. The van der Waals surface area contributed by atoms with Crippen LogP contribution in [0.5, 0.6) is 0 Å². The molecule has 6 nitrogen and oxygen atoms in total. The molecule has 1 aromatic carbocycles. The van der Waals surface area contributed by atoms with Gasteiger partial charge >= 0.3 is 0 Å². The summed E-state index contributed by atoms with van der Waals surface area (Å²) in [6, 6.07) is 9.79. The lowest BCUT2D eigenvalue weighted by atomic mass is 9.80. The molecular weight excluding hydrogens is 304 g/mol. The van der Waals surface area contributed by atoms with Gasteiger partial charge in [0.05, 0.1) is 12.1 Å². The second-order valence-electron chi connectivity index (χ2n) is 6.14. The number of oxazole rings is 1. The first-order valence-corrected chi connectivity index (χ1v) is 8.43. The third kappa shape index (κ3) is 4.14. The van der Waals surface area contributed by atoms with E-state index < -0.39 is 5.60 Å². The lowest BCUT2D eigenvalue weighted by Crippen LogP contribution is -2.50. The molecule has 0 atom stereocenters. The number of guanidine groups is 1. The van der Waals surface area contributed by atoms with E-state index in [1.807, 2.05) is 37.3 Å². The van der Waals surface area contributed by atoms with Gasteiger partial charge in [0.15, 0.2) is 5.96 Å². The molecule has 1 fully saturated rings. The zero-order valence-electron chi connectivity index (χ0n) is 14.0. The van der Waals surface area contributed by atoms with Crippen LogP contribution in [0.3, 0.4) is 0 Å². The van der Waals surface area contributed by atoms with Crippen molar-refractivity contribution >= 4 is 5.96 Å². The van der Waals surface area contributed by atoms with E-state index in [-0.39, 0.29) is 0 Å². The van der Waals surface area contributed by atoms with Crippen molar-refractivity contribution in [3.05, 3.63) is 42.3 Å². The van der Waals surface area contributed by atoms with Crippen molar-refractivity contribution < 1.29 is 9.52 Å². The van der Waals surface area contributed by atoms with Gasteiger partial charge in [0, 0.05) is 18.7 Å². The molecular formula is C18H24N4O2. The molecule has 0 spiro atoms. The van der Waals surface area contributed by atoms with Crippen LogP contribution in [-0.2, 0) is 6.54 Å². The summed E-state index contributed by atoms with van der Waals surface area (Å²) in [6.07, 6.45) is 4.42. The topological polar surface area (TPSA) is 82.7 Å². The third-order valence-corrected chi connectivity index (χ3v) is 4.19. The molecule has 0 saturated heterocycles. The van der Waals surface area contributed by atoms with Crippen molar-refractivity contribution in [3.8, 4) is 11.5 Å². The van der Waals surface area contributed by atoms with E-state index in [2.05, 4.69) is 20.6 Å². The zero-order chi connectivity index (χ0) is 16.8. The number of aliphatic imine (C=N–C) groups is 1. The highest BCUT2D eigenvalue weighted by atomic mass is 16.3. The fraction of sp³-hybridized carbons (Fsp3) is 0.444. The van der Waals surface area contributed by atoms with Crippen LogP contribution in [-0.4, -0.2) is 34.7 Å². The van der Waals surface area contributed by atoms with Gasteiger partial charge in [-0.3, -0.25) is 0 Å². The van der Waals surface area contributed by atoms with Gasteiger partial charge in [-0.1, -0.05) is 18.2 Å². The molecule has 0 bridgehead atoms. The highest BCUT2D eigenvalue weighted by Crippen LogP contribution is 2.30. The number of aromatic nitrogens is 1. The molecule has 1 aromatic heterocycles. The van der Waals surface area contributed by atoms with E-state index >= 15 is 0 Å². The number of nitrogens with zero attached hydrogens (tertiary/aromatic N) is 2. The largest absolute Gasteiger partial charge is 0.444 e. The molecule has 3 N–H and O–H groups in total. The van der Waals surface area contributed by atoms with E-state index in [4.69, 9.17) is 4.42 Å². The Hall–Kier alpha value is -2.34. The lowest BCUT2D eigenvalue weighted by Gasteiger charge is -2.36. The molecule has 6 heteroatoms. The number of nitrogens with one attached hydrogen (secondary N) is 2. The normalized spacial score (nSPS) is 16.5. The Morgan fingerprint density at radius 1 is 1.29 bits per heavy atom. The molecule has 128 valence electrons. The van der Waals surface area contributed by atoms with Gasteiger partial charge in [-0.25, -0.2) is 9.98 Å². The van der Waals surface area contributed by atoms with Gasteiger partial charge in [0.25, 0.3) is 0 Å². The first-order chi connectivity index (χ1) is 11.7. The summed E-state index contributed by atoms with van der Waals surface area (Å²) in [5.74, 6) is 1.28. The predicted molar refractivity (Wildman–Crippen MR) is 93.6 cm³/mol. The molecule has 0 unspecified atom stereocenters. The van der Waals surface area contributed by atoms with Crippen molar-refractivity contribution in [2.45, 2.75) is 38.3 Å². The van der Waals surface area contributed by atoms with Crippen molar-refractivity contribution in [2.75, 3.05) is 13.1 Å². The molecule has 1 aliphatic rings. The van der Waals surface area contributed by atoms with E-state index in [0.29, 0.717) is 24.9 Å². The summed E-state index contributed by atoms with van der Waals surface area (Å²) < 4.78 is 5.52. The molecule has 0 aliphatic heterocycles. The Bertz CT molecular complexity index is 677. The van der Waals surface area contributed by atoms with E-state index in [0.717, 1.165) is 37.1 Å². The van der Waals surface area contributed by atoms with Gasteiger partial charge in [-0.2, -0.15) is 0 Å². The minimum Gasteiger partial charge on any atom is -0.444 e. The molecule has 0 amide bonds. The van der Waals surface area contributed by atoms with E-state index in [1.165, 1.54) is 0 Å². The Kier molecular flexibility index (Phi) is 5.15. The summed E-state index contributed by atoms with van der Waals surface area (Å²) in [7, 11) is 0. The van der Waals surface area contributed by atoms with E-state index in [9.17, 15) is 5.11 Å². The monoisotopic (exact) mass is 328 g/mol. The Balaban J connectivity index is 1.60. The van der Waals surface area contributed by atoms with Crippen molar-refractivity contribution in [2.24, 2.45) is 4.99 Å². The Morgan fingerprint density at radius 2 is 2.08 bits per heavy atom. The van der Waals surface area contributed by atoms with E-state index in [1.54, 1.807) is 6.26 Å². The average molecular weight is 328 g/mol. The molecule has 1 saturated carbocycles. The SMILES string of the molecule is CCNC(=NCc1coc(-c2ccccc2)n1)NCC1(O)CCC1. The number of rotatable bonds is 6. The predicted octanol–water partition coefficient (Wildman–Crippen LogP) is 2.31. The number of hydrogen-bond donors (Lipinski definition) is 3. The summed E-state index contributed by atoms with van der Waals surface area (Å²) in [4.78, 5) is 8.98. The Labute approximate surface area is 142 Å². The van der Waals surface area contributed by atoms with Crippen LogP contribution in [0.25, 0.3) is 11.5 Å². The van der Waals surface area contributed by atoms with Crippen LogP contribution >= 0.6 is 0 Å². The van der Waals surface area contributed by atoms with Crippen LogP contribution < -0.4 is 10.6 Å². The van der Waals surface area contributed by atoms with Crippen molar-refractivity contribution in [1.82, 2.24) is 15.6 Å². The standard InChI is InChI=1S/C18H24N4O2/c1-2-19-17(21-13-18(23)9-6-10-18)20-11-15-12-24-16(22-15)14-7-4-3-5-8-14/h3-5,7-8,12,23H,2,6,9-11,13H2,1H3,(H2,19,20,21). The van der Waals surface area contributed by atoms with Crippen LogP contribution in [0.1, 0.15) is 31.9 Å². The summed E-state index contributed by atoms with van der Waals surface area (Å²) in [6.45, 7) is 3.72. The smallest absolute Gasteiger partial charge is 0.226 e. The molecule has 1 heterocycles. The van der Waals surface area contributed by atoms with Crippen LogP contribution in [0, 0.1) is 0 Å². The summed E-state index contributed by atoms with van der Waals surface area (Å²) in [5.41, 5.74) is 1.14. The fourth-order valence-corrected chi connectivity index (χ4v) is 2.60. The molecule has 1 aliphatic carbocycles. The van der Waals surface area contributed by atoms with Gasteiger partial charge in [0.2, 0.25) is 5.89 Å². The molecule has 24 heavy (non-hydrogen) atoms. The van der Waals surface area contributed by atoms with Crippen LogP contribution in [0.2, 0.25) is 0 Å². The summed E-state index contributed by atoms with van der Waals surface area (Å²) in [5, 5.41) is 16.6. The molecule has 3 rings (SSSR count). The van der Waals surface area contributed by atoms with Crippen LogP contribution in [0.15, 0.2) is 46.0 Å². The Morgan fingerprint density at radius 3 is 2.75 bits per heavy atom. The molecule has 2 aromatic rings. The second kappa shape index (κ2) is 7.49. The maximum absolute atomic E-state index is 10.2. The van der Waals surface area contributed by atoms with Crippen LogP contribution in [0.4, 0.5) is 0 Å². The first-order valence-electron chi connectivity index (χ1n) is 8.43. The summed E-state index contributed by atoms with van der Waals surface area (Å²) >= 11 is 0. The average Bonchev–Trinajstić information content (AvgIpc) is 3.05. The minimum absolute atomic E-state index is 0.421. The third-order valence-electron chi connectivity index (χ3n) is 4.19. The maximum atomic E-state index is 10.2. The van der Waals surface area contributed by atoms with Gasteiger partial charge < -0.3 is 20.2 Å². The highest BCUT2D eigenvalue weighted by molar-refractivity contribution is 5.79. The maximum Gasteiger partial charge on any atom is 0.226 e. The second-order valence-corrected chi connectivity index (χ2v) is 6.14.